The monoisotopic (exact) mass is 360 g/mol. The maximum atomic E-state index is 13.1. The van der Waals surface area contributed by atoms with Crippen LogP contribution in [0.5, 0.6) is 0 Å². The molecule has 0 atom stereocenters. The molecule has 0 radical (unpaired) electrons. The van der Waals surface area contributed by atoms with Crippen molar-refractivity contribution in [2.24, 2.45) is 0 Å². The van der Waals surface area contributed by atoms with Gasteiger partial charge < -0.3 is 0 Å². The number of nitrogens with zero attached hydrogens (tertiary/aromatic N) is 2. The average molecular weight is 361 g/mol. The van der Waals surface area contributed by atoms with E-state index in [1.165, 1.54) is 10.6 Å². The summed E-state index contributed by atoms with van der Waals surface area (Å²) in [4.78, 5) is 29.0. The second kappa shape index (κ2) is 6.90. The Balaban J connectivity index is 1.90. The molecule has 0 saturated heterocycles. The van der Waals surface area contributed by atoms with E-state index >= 15 is 0 Å². The van der Waals surface area contributed by atoms with Gasteiger partial charge in [0.05, 0.1) is 21.5 Å². The first-order valence-electron chi connectivity index (χ1n) is 7.52. The Morgan fingerprint density at radius 2 is 2.04 bits per heavy atom. The van der Waals surface area contributed by atoms with Crippen LogP contribution in [0.1, 0.15) is 17.3 Å². The van der Waals surface area contributed by atoms with Gasteiger partial charge in [-0.2, -0.15) is 0 Å². The number of nitrogens with one attached hydrogen (secondary N) is 2. The van der Waals surface area contributed by atoms with Crippen LogP contribution >= 0.6 is 11.6 Å². The highest BCUT2D eigenvalue weighted by Gasteiger charge is 2.13. The van der Waals surface area contributed by atoms with Crippen molar-refractivity contribution in [1.29, 1.82) is 0 Å². The van der Waals surface area contributed by atoms with E-state index in [0.29, 0.717) is 17.4 Å². The highest BCUT2D eigenvalue weighted by molar-refractivity contribution is 6.33. The van der Waals surface area contributed by atoms with Crippen LogP contribution in [-0.2, 0) is 6.54 Å². The van der Waals surface area contributed by atoms with Gasteiger partial charge in [0.15, 0.2) is 0 Å². The fraction of sp³-hybridized carbons (Fsp3) is 0.118. The van der Waals surface area contributed by atoms with Crippen molar-refractivity contribution < 1.29 is 9.18 Å². The zero-order valence-corrected chi connectivity index (χ0v) is 14.0. The molecule has 0 spiro atoms. The maximum Gasteiger partial charge on any atom is 0.271 e. The Morgan fingerprint density at radius 3 is 2.76 bits per heavy atom. The van der Waals surface area contributed by atoms with Crippen LogP contribution in [-0.4, -0.2) is 15.5 Å². The lowest BCUT2D eigenvalue weighted by Gasteiger charge is -2.14. The van der Waals surface area contributed by atoms with Gasteiger partial charge in [0.2, 0.25) is 5.95 Å². The quantitative estimate of drug-likeness (QED) is 0.701. The summed E-state index contributed by atoms with van der Waals surface area (Å²) in [5, 5.41) is 0.474. The first-order valence-corrected chi connectivity index (χ1v) is 7.90. The van der Waals surface area contributed by atoms with E-state index in [1.54, 1.807) is 31.2 Å². The van der Waals surface area contributed by atoms with Crippen molar-refractivity contribution in [2.75, 3.05) is 5.43 Å². The number of carbonyl (C=O) groups is 1. The first-order chi connectivity index (χ1) is 12.0. The van der Waals surface area contributed by atoms with Crippen LogP contribution in [0.3, 0.4) is 0 Å². The average Bonchev–Trinajstić information content (AvgIpc) is 2.60. The highest BCUT2D eigenvalue weighted by atomic mass is 35.5. The predicted molar refractivity (Wildman–Crippen MR) is 94.2 cm³/mol. The Bertz CT molecular complexity index is 1020. The molecule has 128 valence electrons. The molecule has 8 heteroatoms. The third-order valence-electron chi connectivity index (χ3n) is 3.64. The topological polar surface area (TPSA) is 76.0 Å². The van der Waals surface area contributed by atoms with Gasteiger partial charge in [-0.3, -0.25) is 25.0 Å². The maximum absolute atomic E-state index is 13.1. The molecule has 0 aliphatic carbocycles. The number of amides is 1. The SMILES string of the molecule is CCn1c(NNC(=O)c2ccc(F)cc2Cl)nc2ccccc2c1=O. The molecular weight excluding hydrogens is 347 g/mol. The summed E-state index contributed by atoms with van der Waals surface area (Å²) in [7, 11) is 0. The minimum Gasteiger partial charge on any atom is -0.277 e. The normalized spacial score (nSPS) is 10.7. The minimum absolute atomic E-state index is 0.0151. The van der Waals surface area contributed by atoms with Gasteiger partial charge >= 0.3 is 0 Å². The summed E-state index contributed by atoms with van der Waals surface area (Å²) >= 11 is 5.87. The third-order valence-corrected chi connectivity index (χ3v) is 3.95. The summed E-state index contributed by atoms with van der Waals surface area (Å²) < 4.78 is 14.5. The first kappa shape index (κ1) is 16.9. The smallest absolute Gasteiger partial charge is 0.271 e. The van der Waals surface area contributed by atoms with Crippen LogP contribution in [0.15, 0.2) is 47.3 Å². The molecule has 0 saturated carbocycles. The molecule has 0 aliphatic rings. The zero-order chi connectivity index (χ0) is 18.0. The van der Waals surface area contributed by atoms with Crippen molar-refractivity contribution >= 4 is 34.4 Å². The molecule has 0 fully saturated rings. The largest absolute Gasteiger partial charge is 0.277 e. The van der Waals surface area contributed by atoms with Gasteiger partial charge in [-0.25, -0.2) is 9.37 Å². The van der Waals surface area contributed by atoms with E-state index in [-0.39, 0.29) is 22.1 Å². The molecule has 2 aromatic carbocycles. The molecule has 2 N–H and O–H groups in total. The Hall–Kier alpha value is -2.93. The molecule has 1 aromatic heterocycles. The summed E-state index contributed by atoms with van der Waals surface area (Å²) in [6.07, 6.45) is 0. The fourth-order valence-electron chi connectivity index (χ4n) is 2.41. The van der Waals surface area contributed by atoms with Crippen LogP contribution < -0.4 is 16.4 Å². The van der Waals surface area contributed by atoms with Crippen molar-refractivity contribution in [2.45, 2.75) is 13.5 Å². The number of aromatic nitrogens is 2. The number of anilines is 1. The molecular formula is C17H14ClFN4O2. The lowest BCUT2D eigenvalue weighted by Crippen LogP contribution is -2.34. The van der Waals surface area contributed by atoms with Gasteiger partial charge in [0, 0.05) is 6.54 Å². The minimum atomic E-state index is -0.574. The second-order valence-electron chi connectivity index (χ2n) is 5.21. The van der Waals surface area contributed by atoms with Crippen molar-refractivity contribution in [3.63, 3.8) is 0 Å². The van der Waals surface area contributed by atoms with Crippen molar-refractivity contribution in [1.82, 2.24) is 15.0 Å². The number of carbonyl (C=O) groups excluding carboxylic acids is 1. The summed E-state index contributed by atoms with van der Waals surface area (Å²) in [6.45, 7) is 2.16. The molecule has 1 amide bonds. The third kappa shape index (κ3) is 3.32. The standard InChI is InChI=1S/C17H14ClFN4O2/c1-2-23-16(25)12-5-3-4-6-14(12)20-17(23)22-21-15(24)11-8-7-10(19)9-13(11)18/h3-9H,2H2,1H3,(H,20,22)(H,21,24). The second-order valence-corrected chi connectivity index (χ2v) is 5.61. The van der Waals surface area contributed by atoms with Crippen molar-refractivity contribution in [3.8, 4) is 0 Å². The van der Waals surface area contributed by atoms with Gasteiger partial charge in [-0.1, -0.05) is 23.7 Å². The molecule has 0 aliphatic heterocycles. The number of fused-ring (bicyclic) bond motifs is 1. The Kier molecular flexibility index (Phi) is 4.67. The van der Waals surface area contributed by atoms with Crippen LogP contribution in [0, 0.1) is 5.82 Å². The molecule has 0 bridgehead atoms. The number of hydrogen-bond acceptors (Lipinski definition) is 4. The molecule has 1 heterocycles. The zero-order valence-electron chi connectivity index (χ0n) is 13.2. The van der Waals surface area contributed by atoms with E-state index in [0.717, 1.165) is 12.1 Å². The highest BCUT2D eigenvalue weighted by Crippen LogP contribution is 2.17. The van der Waals surface area contributed by atoms with E-state index in [9.17, 15) is 14.0 Å². The van der Waals surface area contributed by atoms with Crippen molar-refractivity contribution in [3.05, 3.63) is 69.2 Å². The molecule has 0 unspecified atom stereocenters. The van der Waals surface area contributed by atoms with Gasteiger partial charge in [0.1, 0.15) is 5.82 Å². The molecule has 3 rings (SSSR count). The lowest BCUT2D eigenvalue weighted by atomic mass is 10.2. The van der Waals surface area contributed by atoms with E-state index in [4.69, 9.17) is 11.6 Å². The summed E-state index contributed by atoms with van der Waals surface area (Å²) in [5.41, 5.74) is 5.45. The lowest BCUT2D eigenvalue weighted by molar-refractivity contribution is 0.0962. The van der Waals surface area contributed by atoms with Gasteiger partial charge in [-0.15, -0.1) is 0 Å². The number of benzene rings is 2. The van der Waals surface area contributed by atoms with E-state index in [1.807, 2.05) is 0 Å². The summed E-state index contributed by atoms with van der Waals surface area (Å²) in [6, 6.07) is 10.4. The number of hydrogen-bond donors (Lipinski definition) is 2. The van der Waals surface area contributed by atoms with Crippen LogP contribution in [0.2, 0.25) is 5.02 Å². The Labute approximate surface area is 147 Å². The number of halogens is 2. The number of hydrazine groups is 1. The predicted octanol–water partition coefficient (Wildman–Crippen LogP) is 2.97. The van der Waals surface area contributed by atoms with Crippen LogP contribution in [0.4, 0.5) is 10.3 Å². The van der Waals surface area contributed by atoms with E-state index in [2.05, 4.69) is 15.8 Å². The summed E-state index contributed by atoms with van der Waals surface area (Å²) in [5.74, 6) is -0.918. The van der Waals surface area contributed by atoms with Gasteiger partial charge in [-0.05, 0) is 37.3 Å². The fourth-order valence-corrected chi connectivity index (χ4v) is 2.66. The molecule has 25 heavy (non-hydrogen) atoms. The molecule has 6 nitrogen and oxygen atoms in total. The van der Waals surface area contributed by atoms with Gasteiger partial charge in [0.25, 0.3) is 11.5 Å². The molecule has 3 aromatic rings. The number of para-hydroxylation sites is 1. The Morgan fingerprint density at radius 1 is 1.28 bits per heavy atom. The number of rotatable bonds is 4. The van der Waals surface area contributed by atoms with Crippen LogP contribution in [0.25, 0.3) is 10.9 Å². The van der Waals surface area contributed by atoms with E-state index < -0.39 is 11.7 Å².